The minimum Gasteiger partial charge on any atom is -0.444 e. The quantitative estimate of drug-likeness (QED) is 0.253. The lowest BCUT2D eigenvalue weighted by atomic mass is 10.1. The number of rotatable bonds is 10. The number of amides is 2. The van der Waals surface area contributed by atoms with Crippen LogP contribution in [0.3, 0.4) is 0 Å². The molecule has 0 fully saturated rings. The van der Waals surface area contributed by atoms with Crippen LogP contribution in [0, 0.1) is 0 Å². The Morgan fingerprint density at radius 2 is 1.74 bits per heavy atom. The second-order valence-corrected chi connectivity index (χ2v) is 8.39. The van der Waals surface area contributed by atoms with Crippen LogP contribution in [-0.4, -0.2) is 75.8 Å². The summed E-state index contributed by atoms with van der Waals surface area (Å²) in [6, 6.07) is 7.51. The van der Waals surface area contributed by atoms with Crippen LogP contribution in [0.5, 0.6) is 0 Å². The number of guanidine groups is 1. The molecule has 0 aromatic heterocycles. The molecule has 0 spiro atoms. The van der Waals surface area contributed by atoms with Crippen molar-refractivity contribution in [3.8, 4) is 0 Å². The fraction of sp³-hybridized carbons (Fsp3) is 0.591. The van der Waals surface area contributed by atoms with Crippen molar-refractivity contribution < 1.29 is 14.3 Å². The Balaban J connectivity index is 2.36. The number of aliphatic imine (C=N–C) groups is 1. The Kier molecular flexibility index (Phi) is 11.4. The summed E-state index contributed by atoms with van der Waals surface area (Å²) in [5.41, 5.74) is 1.11. The van der Waals surface area contributed by atoms with Gasteiger partial charge in [-0.25, -0.2) is 4.79 Å². The van der Waals surface area contributed by atoms with Gasteiger partial charge in [0.1, 0.15) is 5.60 Å². The smallest absolute Gasteiger partial charge is 0.407 e. The third-order valence-electron chi connectivity index (χ3n) is 4.03. The molecule has 0 saturated carbocycles. The second kappa shape index (κ2) is 13.5. The van der Waals surface area contributed by atoms with Gasteiger partial charge in [-0.3, -0.25) is 9.79 Å². The minimum absolute atomic E-state index is 0.0799. The van der Waals surface area contributed by atoms with Crippen molar-refractivity contribution in [3.05, 3.63) is 35.4 Å². The van der Waals surface area contributed by atoms with E-state index in [2.05, 4.69) is 26.3 Å². The molecule has 0 unspecified atom stereocenters. The van der Waals surface area contributed by atoms with Gasteiger partial charge in [0.05, 0.1) is 0 Å². The average molecular weight is 435 g/mol. The molecule has 0 aliphatic rings. The van der Waals surface area contributed by atoms with Gasteiger partial charge in [0.15, 0.2) is 5.96 Å². The van der Waals surface area contributed by atoms with E-state index in [1.807, 2.05) is 58.0 Å². The second-order valence-electron chi connectivity index (χ2n) is 8.39. The molecule has 0 atom stereocenters. The Labute approximate surface area is 186 Å². The minimum atomic E-state index is -0.501. The van der Waals surface area contributed by atoms with E-state index >= 15 is 0 Å². The van der Waals surface area contributed by atoms with Crippen LogP contribution in [0.4, 0.5) is 4.79 Å². The number of hydrogen-bond acceptors (Lipinski definition) is 5. The highest BCUT2D eigenvalue weighted by Gasteiger charge is 2.15. The molecule has 0 heterocycles. The van der Waals surface area contributed by atoms with Gasteiger partial charge in [0, 0.05) is 45.3 Å². The molecule has 1 aromatic rings. The van der Waals surface area contributed by atoms with Gasteiger partial charge in [-0.1, -0.05) is 12.1 Å². The van der Waals surface area contributed by atoms with Gasteiger partial charge in [-0.2, -0.15) is 0 Å². The molecular formula is C22H38N6O3. The largest absolute Gasteiger partial charge is 0.444 e. The zero-order valence-electron chi connectivity index (χ0n) is 19.7. The first-order valence-electron chi connectivity index (χ1n) is 10.5. The summed E-state index contributed by atoms with van der Waals surface area (Å²) in [6.07, 6.45) is 0.309. The topological polar surface area (TPSA) is 107 Å². The Morgan fingerprint density at radius 3 is 2.39 bits per heavy atom. The number of alkyl carbamates (subject to hydrolysis) is 1. The van der Waals surface area contributed by atoms with Crippen LogP contribution in [-0.2, 0) is 11.3 Å². The molecule has 1 aromatic carbocycles. The van der Waals surface area contributed by atoms with E-state index < -0.39 is 11.7 Å². The van der Waals surface area contributed by atoms with Crippen molar-refractivity contribution in [2.45, 2.75) is 39.3 Å². The molecule has 2 amide bonds. The third-order valence-corrected chi connectivity index (χ3v) is 4.03. The molecule has 1 rings (SSSR count). The van der Waals surface area contributed by atoms with Crippen LogP contribution in [0.2, 0.25) is 0 Å². The van der Waals surface area contributed by atoms with Crippen molar-refractivity contribution in [1.29, 1.82) is 0 Å². The van der Waals surface area contributed by atoms with E-state index in [1.54, 1.807) is 13.1 Å². The van der Waals surface area contributed by atoms with Crippen molar-refractivity contribution in [3.63, 3.8) is 0 Å². The van der Waals surface area contributed by atoms with Crippen molar-refractivity contribution in [2.75, 3.05) is 47.3 Å². The highest BCUT2D eigenvalue weighted by molar-refractivity contribution is 5.94. The fourth-order valence-electron chi connectivity index (χ4n) is 2.52. The molecule has 0 radical (unpaired) electrons. The van der Waals surface area contributed by atoms with Crippen LogP contribution >= 0.6 is 0 Å². The summed E-state index contributed by atoms with van der Waals surface area (Å²) in [6.45, 7) is 8.57. The lowest BCUT2D eigenvalue weighted by Gasteiger charge is -2.19. The molecule has 174 valence electrons. The number of nitrogens with zero attached hydrogens (tertiary/aromatic N) is 2. The van der Waals surface area contributed by atoms with Gasteiger partial charge in [0.2, 0.25) is 0 Å². The number of carbonyl (C=O) groups is 2. The van der Waals surface area contributed by atoms with Gasteiger partial charge in [-0.15, -0.1) is 0 Å². The summed E-state index contributed by atoms with van der Waals surface area (Å²) >= 11 is 0. The summed E-state index contributed by atoms with van der Waals surface area (Å²) in [7, 11) is 5.64. The molecule has 0 saturated heterocycles. The van der Waals surface area contributed by atoms with Crippen LogP contribution in [0.25, 0.3) is 0 Å². The molecular weight excluding hydrogens is 396 g/mol. The number of benzene rings is 1. The molecule has 31 heavy (non-hydrogen) atoms. The number of carbonyl (C=O) groups excluding carboxylic acids is 2. The molecule has 4 N–H and O–H groups in total. The van der Waals surface area contributed by atoms with E-state index in [0.29, 0.717) is 37.7 Å². The Hall–Kier alpha value is -2.81. The van der Waals surface area contributed by atoms with Crippen LogP contribution in [0.1, 0.15) is 43.1 Å². The zero-order chi connectivity index (χ0) is 23.3. The molecule has 0 bridgehead atoms. The van der Waals surface area contributed by atoms with Crippen molar-refractivity contribution in [1.82, 2.24) is 26.2 Å². The maximum absolute atomic E-state index is 12.3. The highest BCUT2D eigenvalue weighted by atomic mass is 16.6. The SMILES string of the molecule is CN=C(NCCCNC(=O)OC(C)(C)C)NCc1cccc(C(=O)NCCN(C)C)c1. The first-order valence-corrected chi connectivity index (χ1v) is 10.5. The summed E-state index contributed by atoms with van der Waals surface area (Å²) in [4.78, 5) is 30.1. The number of likely N-dealkylation sites (N-methyl/N-ethyl adjacent to an activating group) is 1. The first-order chi connectivity index (χ1) is 14.6. The number of ether oxygens (including phenoxy) is 1. The Bertz CT molecular complexity index is 728. The standard InChI is InChI=1S/C22H38N6O3/c1-22(2,3)31-21(30)26-12-8-11-25-20(23-4)27-16-17-9-7-10-18(15-17)19(29)24-13-14-28(5)6/h7,9-10,15H,8,11-14,16H2,1-6H3,(H,24,29)(H,26,30)(H2,23,25,27). The van der Waals surface area contributed by atoms with E-state index in [9.17, 15) is 9.59 Å². The van der Waals surface area contributed by atoms with E-state index in [4.69, 9.17) is 4.74 Å². The summed E-state index contributed by atoms with van der Waals surface area (Å²) < 4.78 is 5.20. The average Bonchev–Trinajstić information content (AvgIpc) is 2.68. The van der Waals surface area contributed by atoms with Gasteiger partial charge in [-0.05, 0) is 59.0 Å². The molecule has 0 aliphatic heterocycles. The predicted octanol–water partition coefficient (Wildman–Crippen LogP) is 1.56. The van der Waals surface area contributed by atoms with E-state index in [0.717, 1.165) is 18.5 Å². The molecule has 9 heteroatoms. The summed E-state index contributed by atoms with van der Waals surface area (Å²) in [5, 5.41) is 12.1. The predicted molar refractivity (Wildman–Crippen MR) is 124 cm³/mol. The van der Waals surface area contributed by atoms with E-state index in [1.165, 1.54) is 0 Å². The normalized spacial score (nSPS) is 11.8. The number of nitrogens with one attached hydrogen (secondary N) is 4. The Morgan fingerprint density at radius 1 is 1.03 bits per heavy atom. The van der Waals surface area contributed by atoms with E-state index in [-0.39, 0.29) is 5.91 Å². The zero-order valence-corrected chi connectivity index (χ0v) is 19.7. The summed E-state index contributed by atoms with van der Waals surface area (Å²) in [5.74, 6) is 0.571. The lowest BCUT2D eigenvalue weighted by molar-refractivity contribution is 0.0527. The lowest BCUT2D eigenvalue weighted by Crippen LogP contribution is -2.39. The fourth-order valence-corrected chi connectivity index (χ4v) is 2.52. The third kappa shape index (κ3) is 12.5. The number of hydrogen-bond donors (Lipinski definition) is 4. The van der Waals surface area contributed by atoms with Gasteiger partial charge in [0.25, 0.3) is 5.91 Å². The van der Waals surface area contributed by atoms with Crippen molar-refractivity contribution >= 4 is 18.0 Å². The highest BCUT2D eigenvalue weighted by Crippen LogP contribution is 2.06. The first kappa shape index (κ1) is 26.2. The van der Waals surface area contributed by atoms with Crippen LogP contribution in [0.15, 0.2) is 29.3 Å². The monoisotopic (exact) mass is 434 g/mol. The van der Waals surface area contributed by atoms with Crippen molar-refractivity contribution in [2.24, 2.45) is 4.99 Å². The maximum Gasteiger partial charge on any atom is 0.407 e. The molecule has 0 aliphatic carbocycles. The van der Waals surface area contributed by atoms with Gasteiger partial charge >= 0.3 is 6.09 Å². The molecule has 9 nitrogen and oxygen atoms in total. The van der Waals surface area contributed by atoms with Crippen LogP contribution < -0.4 is 21.3 Å². The maximum atomic E-state index is 12.3. The van der Waals surface area contributed by atoms with Gasteiger partial charge < -0.3 is 30.9 Å².